The molecular weight excluding hydrogens is 362 g/mol. The van der Waals surface area contributed by atoms with Gasteiger partial charge in [-0.1, -0.05) is 48.5 Å². The molecule has 0 saturated carbocycles. The third-order valence-electron chi connectivity index (χ3n) is 5.61. The quantitative estimate of drug-likeness (QED) is 0.567. The van der Waals surface area contributed by atoms with Crippen LogP contribution in [0.2, 0.25) is 0 Å². The van der Waals surface area contributed by atoms with E-state index in [9.17, 15) is 9.59 Å². The molecule has 0 aliphatic heterocycles. The molecule has 0 fully saturated rings. The predicted octanol–water partition coefficient (Wildman–Crippen LogP) is 3.78. The van der Waals surface area contributed by atoms with Gasteiger partial charge >= 0.3 is 0 Å². The Balaban J connectivity index is 1.63. The average molecular weight is 387 g/mol. The van der Waals surface area contributed by atoms with Crippen LogP contribution in [0.1, 0.15) is 29.4 Å². The number of rotatable bonds is 5. The number of aromatic nitrogens is 2. The monoisotopic (exact) mass is 387 g/mol. The fraction of sp³-hybridized carbons (Fsp3) is 0.250. The standard InChI is InChI=1S/C24H25N3O2/c1-16(13-14-17-9-5-4-6-10-17)25-23(28)21-15-19-22(26(21)2)18-11-7-8-12-20(18)27(3)24(19)29/h4-12,15-16H,13-14H2,1-3H3,(H,25,28). The van der Waals surface area contributed by atoms with Crippen LogP contribution in [0.3, 0.4) is 0 Å². The Hall–Kier alpha value is -3.34. The number of aryl methyl sites for hydroxylation is 3. The lowest BCUT2D eigenvalue weighted by molar-refractivity contribution is 0.0930. The second-order valence-electron chi connectivity index (χ2n) is 7.63. The summed E-state index contributed by atoms with van der Waals surface area (Å²) in [5.74, 6) is -0.157. The van der Waals surface area contributed by atoms with E-state index in [1.165, 1.54) is 5.56 Å². The van der Waals surface area contributed by atoms with Gasteiger partial charge in [0.15, 0.2) is 0 Å². The zero-order chi connectivity index (χ0) is 20.5. The summed E-state index contributed by atoms with van der Waals surface area (Å²) in [6, 6.07) is 19.8. The van der Waals surface area contributed by atoms with Crippen molar-refractivity contribution >= 4 is 27.7 Å². The van der Waals surface area contributed by atoms with E-state index in [4.69, 9.17) is 0 Å². The number of amides is 1. The van der Waals surface area contributed by atoms with Gasteiger partial charge in [-0.25, -0.2) is 0 Å². The Morgan fingerprint density at radius 3 is 2.41 bits per heavy atom. The number of para-hydroxylation sites is 1. The normalized spacial score (nSPS) is 12.4. The largest absolute Gasteiger partial charge is 0.348 e. The fourth-order valence-electron chi connectivity index (χ4n) is 3.96. The number of nitrogens with one attached hydrogen (secondary N) is 1. The van der Waals surface area contributed by atoms with Crippen molar-refractivity contribution in [3.63, 3.8) is 0 Å². The van der Waals surface area contributed by atoms with Gasteiger partial charge in [-0.2, -0.15) is 0 Å². The van der Waals surface area contributed by atoms with Crippen LogP contribution in [0.4, 0.5) is 0 Å². The molecule has 148 valence electrons. The van der Waals surface area contributed by atoms with E-state index in [-0.39, 0.29) is 17.5 Å². The first kappa shape index (κ1) is 19.0. The topological polar surface area (TPSA) is 56.0 Å². The Kier molecular flexibility index (Phi) is 4.97. The molecule has 4 rings (SSSR count). The van der Waals surface area contributed by atoms with E-state index >= 15 is 0 Å². The van der Waals surface area contributed by atoms with E-state index in [0.717, 1.165) is 29.3 Å². The van der Waals surface area contributed by atoms with Crippen LogP contribution in [-0.2, 0) is 20.5 Å². The maximum atomic E-state index is 12.9. The molecule has 1 N–H and O–H groups in total. The lowest BCUT2D eigenvalue weighted by atomic mass is 10.1. The Bertz CT molecular complexity index is 1250. The lowest BCUT2D eigenvalue weighted by Gasteiger charge is -2.14. The van der Waals surface area contributed by atoms with Gasteiger partial charge in [0.2, 0.25) is 0 Å². The van der Waals surface area contributed by atoms with Crippen LogP contribution in [0.5, 0.6) is 0 Å². The van der Waals surface area contributed by atoms with Gasteiger partial charge in [0.1, 0.15) is 5.69 Å². The number of hydrogen-bond acceptors (Lipinski definition) is 2. The van der Waals surface area contributed by atoms with E-state index in [1.807, 2.05) is 61.0 Å². The van der Waals surface area contributed by atoms with Crippen LogP contribution in [-0.4, -0.2) is 21.1 Å². The molecule has 5 nitrogen and oxygen atoms in total. The second-order valence-corrected chi connectivity index (χ2v) is 7.63. The number of carbonyl (C=O) groups is 1. The fourth-order valence-corrected chi connectivity index (χ4v) is 3.96. The van der Waals surface area contributed by atoms with Crippen LogP contribution in [0.25, 0.3) is 21.8 Å². The predicted molar refractivity (Wildman–Crippen MR) is 117 cm³/mol. The minimum Gasteiger partial charge on any atom is -0.348 e. The Morgan fingerprint density at radius 2 is 1.66 bits per heavy atom. The van der Waals surface area contributed by atoms with Crippen LogP contribution in [0.15, 0.2) is 65.5 Å². The van der Waals surface area contributed by atoms with Gasteiger partial charge in [-0.15, -0.1) is 0 Å². The first-order chi connectivity index (χ1) is 14.0. The molecule has 1 amide bonds. The summed E-state index contributed by atoms with van der Waals surface area (Å²) in [6.45, 7) is 2.01. The molecule has 0 aliphatic carbocycles. The van der Waals surface area contributed by atoms with Gasteiger partial charge in [-0.05, 0) is 37.5 Å². The van der Waals surface area contributed by atoms with Crippen molar-refractivity contribution in [1.82, 2.24) is 14.5 Å². The zero-order valence-corrected chi connectivity index (χ0v) is 17.0. The molecule has 0 aliphatic rings. The number of nitrogens with zero attached hydrogens (tertiary/aromatic N) is 2. The molecule has 0 saturated heterocycles. The van der Waals surface area contributed by atoms with Gasteiger partial charge in [0, 0.05) is 25.5 Å². The molecule has 2 aromatic carbocycles. The smallest absolute Gasteiger partial charge is 0.268 e. The number of pyridine rings is 1. The highest BCUT2D eigenvalue weighted by Crippen LogP contribution is 2.25. The molecule has 5 heteroatoms. The lowest BCUT2D eigenvalue weighted by Crippen LogP contribution is -2.34. The highest BCUT2D eigenvalue weighted by molar-refractivity contribution is 6.08. The van der Waals surface area contributed by atoms with Crippen molar-refractivity contribution in [2.24, 2.45) is 14.1 Å². The van der Waals surface area contributed by atoms with Crippen molar-refractivity contribution in [2.45, 2.75) is 25.8 Å². The van der Waals surface area contributed by atoms with Gasteiger partial charge in [0.25, 0.3) is 11.5 Å². The molecule has 0 bridgehead atoms. The summed E-state index contributed by atoms with van der Waals surface area (Å²) in [4.78, 5) is 25.8. The Morgan fingerprint density at radius 1 is 0.966 bits per heavy atom. The summed E-state index contributed by atoms with van der Waals surface area (Å²) < 4.78 is 3.47. The number of hydrogen-bond donors (Lipinski definition) is 1. The molecule has 1 atom stereocenters. The van der Waals surface area contributed by atoms with Crippen molar-refractivity contribution in [3.8, 4) is 0 Å². The summed E-state index contributed by atoms with van der Waals surface area (Å²) >= 11 is 0. The van der Waals surface area contributed by atoms with E-state index < -0.39 is 0 Å². The summed E-state index contributed by atoms with van der Waals surface area (Å²) in [5, 5.41) is 4.61. The molecule has 0 spiro atoms. The van der Waals surface area contributed by atoms with E-state index in [1.54, 1.807) is 17.7 Å². The van der Waals surface area contributed by atoms with Crippen LogP contribution >= 0.6 is 0 Å². The summed E-state index contributed by atoms with van der Waals surface area (Å²) in [7, 11) is 3.61. The maximum Gasteiger partial charge on any atom is 0.268 e. The van der Waals surface area contributed by atoms with Crippen molar-refractivity contribution in [1.29, 1.82) is 0 Å². The van der Waals surface area contributed by atoms with E-state index in [2.05, 4.69) is 17.4 Å². The maximum absolute atomic E-state index is 12.9. The van der Waals surface area contributed by atoms with Crippen LogP contribution in [0, 0.1) is 0 Å². The zero-order valence-electron chi connectivity index (χ0n) is 17.0. The molecule has 2 heterocycles. The van der Waals surface area contributed by atoms with Gasteiger partial charge < -0.3 is 14.5 Å². The number of fused-ring (bicyclic) bond motifs is 3. The minimum absolute atomic E-state index is 0.0281. The Labute approximate surface area is 169 Å². The summed E-state index contributed by atoms with van der Waals surface area (Å²) in [6.07, 6.45) is 1.76. The highest BCUT2D eigenvalue weighted by atomic mass is 16.2. The second kappa shape index (κ2) is 7.59. The van der Waals surface area contributed by atoms with Crippen LogP contribution < -0.4 is 10.9 Å². The molecule has 0 radical (unpaired) electrons. The minimum atomic E-state index is -0.157. The first-order valence-corrected chi connectivity index (χ1v) is 9.89. The average Bonchev–Trinajstić information content (AvgIpc) is 3.09. The molecule has 29 heavy (non-hydrogen) atoms. The van der Waals surface area contributed by atoms with Crippen molar-refractivity contribution in [3.05, 3.63) is 82.3 Å². The SMILES string of the molecule is CC(CCc1ccccc1)NC(=O)c1cc2c(=O)n(C)c3ccccc3c2n1C. The van der Waals surface area contributed by atoms with Gasteiger partial charge in [-0.3, -0.25) is 9.59 Å². The highest BCUT2D eigenvalue weighted by Gasteiger charge is 2.19. The third-order valence-corrected chi connectivity index (χ3v) is 5.61. The van der Waals surface area contributed by atoms with Crippen molar-refractivity contribution < 1.29 is 4.79 Å². The molecule has 2 aromatic heterocycles. The third kappa shape index (κ3) is 3.44. The first-order valence-electron chi connectivity index (χ1n) is 9.89. The molecular formula is C24H25N3O2. The number of carbonyl (C=O) groups excluding carboxylic acids is 1. The van der Waals surface area contributed by atoms with Crippen molar-refractivity contribution in [2.75, 3.05) is 0 Å². The summed E-state index contributed by atoms with van der Waals surface area (Å²) in [5.41, 5.74) is 3.32. The van der Waals surface area contributed by atoms with Gasteiger partial charge in [0.05, 0.1) is 16.4 Å². The molecule has 1 unspecified atom stereocenters. The number of benzene rings is 2. The van der Waals surface area contributed by atoms with E-state index in [0.29, 0.717) is 11.1 Å². The molecule has 4 aromatic rings.